The number of nitriles is 1. The average Bonchev–Trinajstić information content (AvgIpc) is 2.89. The van der Waals surface area contributed by atoms with E-state index in [1.165, 1.54) is 17.3 Å². The van der Waals surface area contributed by atoms with Crippen molar-refractivity contribution in [2.24, 2.45) is 5.92 Å². The Morgan fingerprint density at radius 2 is 2.19 bits per heavy atom. The molecule has 0 aromatic heterocycles. The largest absolute Gasteiger partial charge is 0.375 e. The highest BCUT2D eigenvalue weighted by Crippen LogP contribution is 2.32. The van der Waals surface area contributed by atoms with Crippen LogP contribution in [0.2, 0.25) is 0 Å². The normalized spacial score (nSPS) is 20.8. The van der Waals surface area contributed by atoms with Crippen molar-refractivity contribution >= 4 is 11.8 Å². The predicted molar refractivity (Wildman–Crippen MR) is 110 cm³/mol. The Balaban J connectivity index is 2.22. The summed E-state index contributed by atoms with van der Waals surface area (Å²) < 4.78 is 14.4. The first-order valence-electron chi connectivity index (χ1n) is 9.16. The zero-order valence-corrected chi connectivity index (χ0v) is 16.5. The Bertz CT molecular complexity index is 732. The van der Waals surface area contributed by atoms with Crippen LogP contribution in [-0.2, 0) is 0 Å². The summed E-state index contributed by atoms with van der Waals surface area (Å²) in [6.45, 7) is 6.91. The molecule has 0 radical (unpaired) electrons. The highest BCUT2D eigenvalue weighted by atomic mass is 32.2. The number of thioether (sulfide) groups is 1. The molecule has 138 valence electrons. The van der Waals surface area contributed by atoms with E-state index in [1.54, 1.807) is 6.08 Å². The summed E-state index contributed by atoms with van der Waals surface area (Å²) in [6, 6.07) is 2.23. The number of halogens is 1. The third kappa shape index (κ3) is 5.02. The van der Waals surface area contributed by atoms with Crippen molar-refractivity contribution in [2.75, 3.05) is 12.8 Å². The SMILES string of the molecule is C=C(C1=CCCCC=C1F)/C(C#N)=C(/NCC1=CC=CCC1CC)SC. The van der Waals surface area contributed by atoms with Gasteiger partial charge < -0.3 is 5.32 Å². The molecule has 26 heavy (non-hydrogen) atoms. The van der Waals surface area contributed by atoms with Crippen LogP contribution in [0.15, 0.2) is 70.1 Å². The van der Waals surface area contributed by atoms with E-state index >= 15 is 0 Å². The van der Waals surface area contributed by atoms with E-state index in [0.29, 0.717) is 29.2 Å². The Labute approximate surface area is 160 Å². The summed E-state index contributed by atoms with van der Waals surface area (Å²) in [5.74, 6) is 0.265. The molecule has 0 saturated carbocycles. The first kappa shape index (κ1) is 20.3. The lowest BCUT2D eigenvalue weighted by Crippen LogP contribution is -2.21. The highest BCUT2D eigenvalue weighted by molar-refractivity contribution is 8.02. The maximum Gasteiger partial charge on any atom is 0.126 e. The average molecular weight is 371 g/mol. The van der Waals surface area contributed by atoms with Crippen LogP contribution in [0.25, 0.3) is 0 Å². The Morgan fingerprint density at radius 1 is 1.42 bits per heavy atom. The van der Waals surface area contributed by atoms with Gasteiger partial charge in [-0.25, -0.2) is 4.39 Å². The lowest BCUT2D eigenvalue weighted by molar-refractivity contribution is 0.574. The molecule has 0 fully saturated rings. The van der Waals surface area contributed by atoms with Gasteiger partial charge in [0.2, 0.25) is 0 Å². The van der Waals surface area contributed by atoms with Gasteiger partial charge in [-0.2, -0.15) is 5.26 Å². The second-order valence-corrected chi connectivity index (χ2v) is 7.28. The van der Waals surface area contributed by atoms with Crippen LogP contribution in [0.5, 0.6) is 0 Å². The highest BCUT2D eigenvalue weighted by Gasteiger charge is 2.19. The van der Waals surface area contributed by atoms with E-state index in [-0.39, 0.29) is 5.83 Å². The molecule has 0 spiro atoms. The van der Waals surface area contributed by atoms with Crippen LogP contribution in [0, 0.1) is 17.2 Å². The number of allylic oxidation sites excluding steroid dienone is 9. The van der Waals surface area contributed by atoms with Gasteiger partial charge in [-0.1, -0.05) is 37.8 Å². The molecule has 2 rings (SSSR count). The fourth-order valence-electron chi connectivity index (χ4n) is 3.26. The van der Waals surface area contributed by atoms with E-state index in [1.807, 2.05) is 12.3 Å². The maximum absolute atomic E-state index is 14.4. The zero-order chi connectivity index (χ0) is 18.9. The molecule has 2 aliphatic carbocycles. The number of hydrogen-bond donors (Lipinski definition) is 1. The molecule has 4 heteroatoms. The van der Waals surface area contributed by atoms with Crippen molar-refractivity contribution in [2.45, 2.75) is 39.0 Å². The molecule has 0 aromatic carbocycles. The smallest absolute Gasteiger partial charge is 0.126 e. The summed E-state index contributed by atoms with van der Waals surface area (Å²) >= 11 is 1.47. The Kier molecular flexibility index (Phi) is 8.00. The van der Waals surface area contributed by atoms with Crippen LogP contribution >= 0.6 is 11.8 Å². The molecule has 0 aliphatic heterocycles. The molecule has 0 saturated heterocycles. The van der Waals surface area contributed by atoms with Crippen LogP contribution in [0.3, 0.4) is 0 Å². The quantitative estimate of drug-likeness (QED) is 0.434. The van der Waals surface area contributed by atoms with E-state index in [0.717, 1.165) is 37.1 Å². The second kappa shape index (κ2) is 10.2. The van der Waals surface area contributed by atoms with Gasteiger partial charge in [-0.15, -0.1) is 11.8 Å². The van der Waals surface area contributed by atoms with Crippen LogP contribution < -0.4 is 5.32 Å². The summed E-state index contributed by atoms with van der Waals surface area (Å²) in [4.78, 5) is 0. The van der Waals surface area contributed by atoms with Crippen LogP contribution in [0.1, 0.15) is 39.0 Å². The summed E-state index contributed by atoms with van der Waals surface area (Å²) in [5.41, 5.74) is 2.68. The second-order valence-electron chi connectivity index (χ2n) is 6.46. The molecular formula is C22H27FN2S. The minimum Gasteiger partial charge on any atom is -0.375 e. The van der Waals surface area contributed by atoms with Gasteiger partial charge in [-0.05, 0) is 61.5 Å². The molecule has 0 aromatic rings. The Morgan fingerprint density at radius 3 is 2.88 bits per heavy atom. The molecule has 0 bridgehead atoms. The summed E-state index contributed by atoms with van der Waals surface area (Å²) in [6.07, 6.45) is 16.4. The standard InChI is InChI=1S/C22H27FN2S/c1-4-17-10-8-9-11-18(17)15-25-22(26-3)20(14-24)16(2)19-12-6-5-7-13-21(19)23/h8-9,11-13,17,25H,2,4-7,10,15H2,1,3H3/b22-20-. The first-order chi connectivity index (χ1) is 12.6. The minimum absolute atomic E-state index is 0.271. The van der Waals surface area contributed by atoms with Gasteiger partial charge >= 0.3 is 0 Å². The topological polar surface area (TPSA) is 35.8 Å². The van der Waals surface area contributed by atoms with Crippen molar-refractivity contribution in [3.63, 3.8) is 0 Å². The van der Waals surface area contributed by atoms with Gasteiger partial charge in [0.1, 0.15) is 11.9 Å². The third-order valence-electron chi connectivity index (χ3n) is 4.84. The zero-order valence-electron chi connectivity index (χ0n) is 15.6. The number of hydrogen-bond acceptors (Lipinski definition) is 3. The molecule has 0 heterocycles. The molecule has 0 amide bonds. The van der Waals surface area contributed by atoms with Crippen molar-refractivity contribution in [3.05, 3.63) is 70.1 Å². The van der Waals surface area contributed by atoms with Crippen LogP contribution in [0.4, 0.5) is 4.39 Å². The molecule has 1 N–H and O–H groups in total. The van der Waals surface area contributed by atoms with E-state index in [9.17, 15) is 9.65 Å². The third-order valence-corrected chi connectivity index (χ3v) is 5.60. The summed E-state index contributed by atoms with van der Waals surface area (Å²) in [7, 11) is 0. The van der Waals surface area contributed by atoms with Crippen molar-refractivity contribution < 1.29 is 4.39 Å². The molecule has 1 atom stereocenters. The number of rotatable bonds is 7. The lowest BCUT2D eigenvalue weighted by atomic mass is 9.89. The molecule has 2 aliphatic rings. The van der Waals surface area contributed by atoms with E-state index in [2.05, 4.69) is 43.1 Å². The number of nitrogens with zero attached hydrogens (tertiary/aromatic N) is 1. The molecular weight excluding hydrogens is 343 g/mol. The van der Waals surface area contributed by atoms with Crippen molar-refractivity contribution in [1.29, 1.82) is 5.26 Å². The molecule has 2 nitrogen and oxygen atoms in total. The summed E-state index contributed by atoms with van der Waals surface area (Å²) in [5, 5.41) is 13.8. The van der Waals surface area contributed by atoms with Gasteiger partial charge in [0.15, 0.2) is 0 Å². The predicted octanol–water partition coefficient (Wildman–Crippen LogP) is 6.11. The maximum atomic E-state index is 14.4. The van der Waals surface area contributed by atoms with Crippen molar-refractivity contribution in [3.8, 4) is 6.07 Å². The van der Waals surface area contributed by atoms with Gasteiger partial charge in [0.05, 0.1) is 10.6 Å². The molecule has 1 unspecified atom stereocenters. The van der Waals surface area contributed by atoms with Crippen LogP contribution in [-0.4, -0.2) is 12.8 Å². The minimum atomic E-state index is -0.271. The fraction of sp³-hybridized carbons (Fsp3) is 0.409. The van der Waals surface area contributed by atoms with Gasteiger partial charge in [-0.3, -0.25) is 0 Å². The Hall–Kier alpha value is -1.99. The van der Waals surface area contributed by atoms with E-state index < -0.39 is 0 Å². The van der Waals surface area contributed by atoms with Crippen molar-refractivity contribution in [1.82, 2.24) is 5.32 Å². The monoisotopic (exact) mass is 370 g/mol. The van der Waals surface area contributed by atoms with Gasteiger partial charge in [0.25, 0.3) is 0 Å². The lowest BCUT2D eigenvalue weighted by Gasteiger charge is -2.22. The fourth-order valence-corrected chi connectivity index (χ4v) is 3.85. The number of nitrogens with one attached hydrogen (secondary N) is 1. The van der Waals surface area contributed by atoms with Gasteiger partial charge in [0, 0.05) is 12.1 Å². The first-order valence-corrected chi connectivity index (χ1v) is 10.4. The van der Waals surface area contributed by atoms with E-state index in [4.69, 9.17) is 0 Å².